The second-order valence-corrected chi connectivity index (χ2v) is 5.79. The summed E-state index contributed by atoms with van der Waals surface area (Å²) in [4.78, 5) is 10.4. The molecular weight excluding hydrogens is 298 g/mol. The molecule has 1 aliphatic carbocycles. The summed E-state index contributed by atoms with van der Waals surface area (Å²) in [5.41, 5.74) is 2.50. The maximum Gasteiger partial charge on any atom is 0.173 e. The highest BCUT2D eigenvalue weighted by molar-refractivity contribution is 9.10. The first kappa shape index (κ1) is 11.2. The van der Waals surface area contributed by atoms with Crippen molar-refractivity contribution < 1.29 is 0 Å². The van der Waals surface area contributed by atoms with E-state index in [0.717, 1.165) is 33.8 Å². The van der Waals surface area contributed by atoms with Crippen LogP contribution in [0.25, 0.3) is 10.7 Å². The van der Waals surface area contributed by atoms with Crippen LogP contribution in [0.5, 0.6) is 0 Å². The Labute approximate surface area is 112 Å². The van der Waals surface area contributed by atoms with Crippen molar-refractivity contribution in [3.05, 3.63) is 27.2 Å². The van der Waals surface area contributed by atoms with Crippen molar-refractivity contribution in [1.82, 2.24) is 9.97 Å². The zero-order chi connectivity index (χ0) is 11.8. The maximum absolute atomic E-state index is 4.69. The third-order valence-corrected chi connectivity index (χ3v) is 4.82. The fourth-order valence-corrected chi connectivity index (χ4v) is 3.68. The Balaban J connectivity index is 2.16. The van der Waals surface area contributed by atoms with E-state index in [9.17, 15) is 0 Å². The molecule has 0 atom stereocenters. The monoisotopic (exact) mass is 309 g/mol. The van der Waals surface area contributed by atoms with E-state index < -0.39 is 0 Å². The van der Waals surface area contributed by atoms with E-state index in [2.05, 4.69) is 31.6 Å². The zero-order valence-corrected chi connectivity index (χ0v) is 11.9. The molecule has 1 aliphatic rings. The molecule has 0 saturated carbocycles. The number of halogens is 1. The quantitative estimate of drug-likeness (QED) is 0.922. The Morgan fingerprint density at radius 3 is 2.94 bits per heavy atom. The Hall–Kier alpha value is -0.940. The number of hydrogen-bond donors (Lipinski definition) is 1. The Morgan fingerprint density at radius 2 is 2.24 bits per heavy atom. The summed E-state index contributed by atoms with van der Waals surface area (Å²) in [5.74, 6) is 1.82. The molecule has 0 aliphatic heterocycles. The summed E-state index contributed by atoms with van der Waals surface area (Å²) in [6.07, 6.45) is 3.35. The number of aryl methyl sites for hydroxylation is 1. The van der Waals surface area contributed by atoms with Gasteiger partial charge in [-0.25, -0.2) is 9.97 Å². The lowest BCUT2D eigenvalue weighted by Gasteiger charge is -2.08. The summed E-state index contributed by atoms with van der Waals surface area (Å²) in [5, 5.41) is 5.24. The molecule has 88 valence electrons. The fourth-order valence-electron chi connectivity index (χ4n) is 2.19. The molecule has 17 heavy (non-hydrogen) atoms. The van der Waals surface area contributed by atoms with Gasteiger partial charge in [-0.3, -0.25) is 0 Å². The molecule has 2 heterocycles. The van der Waals surface area contributed by atoms with E-state index in [1.165, 1.54) is 17.7 Å². The molecule has 0 unspecified atom stereocenters. The van der Waals surface area contributed by atoms with Crippen LogP contribution >= 0.6 is 27.3 Å². The maximum atomic E-state index is 4.69. The van der Waals surface area contributed by atoms with E-state index in [1.807, 2.05) is 13.1 Å². The molecule has 3 nitrogen and oxygen atoms in total. The van der Waals surface area contributed by atoms with Gasteiger partial charge in [-0.15, -0.1) is 11.3 Å². The van der Waals surface area contributed by atoms with Gasteiger partial charge in [0.2, 0.25) is 0 Å². The highest BCUT2D eigenvalue weighted by Crippen LogP contribution is 2.34. The van der Waals surface area contributed by atoms with Crippen molar-refractivity contribution in [2.75, 3.05) is 12.4 Å². The van der Waals surface area contributed by atoms with E-state index >= 15 is 0 Å². The number of nitrogens with zero attached hydrogens (tertiary/aromatic N) is 2. The molecule has 2 aromatic rings. The third kappa shape index (κ3) is 1.87. The minimum atomic E-state index is 0.830. The standard InChI is InChI=1S/C12H12BrN3S/c1-14-11-7-3-2-4-9(7)15-12(16-11)10-8(13)5-6-17-10/h5-6H,2-4H2,1H3,(H,14,15,16). The summed E-state index contributed by atoms with van der Waals surface area (Å²) in [6, 6.07) is 2.04. The number of rotatable bonds is 2. The molecule has 0 aromatic carbocycles. The second-order valence-electron chi connectivity index (χ2n) is 4.02. The molecule has 2 aromatic heterocycles. The first-order valence-corrected chi connectivity index (χ1v) is 7.28. The Morgan fingerprint density at radius 1 is 1.35 bits per heavy atom. The normalized spacial score (nSPS) is 13.8. The lowest BCUT2D eigenvalue weighted by molar-refractivity contribution is 0.900. The minimum absolute atomic E-state index is 0.830. The van der Waals surface area contributed by atoms with Gasteiger partial charge >= 0.3 is 0 Å². The minimum Gasteiger partial charge on any atom is -0.373 e. The van der Waals surface area contributed by atoms with Crippen LogP contribution in [0.3, 0.4) is 0 Å². The van der Waals surface area contributed by atoms with Gasteiger partial charge in [-0.05, 0) is 46.6 Å². The lowest BCUT2D eigenvalue weighted by Crippen LogP contribution is -2.02. The summed E-state index contributed by atoms with van der Waals surface area (Å²) >= 11 is 5.21. The predicted molar refractivity (Wildman–Crippen MR) is 74.6 cm³/mol. The third-order valence-electron chi connectivity index (χ3n) is 2.99. The van der Waals surface area contributed by atoms with Crippen LogP contribution in [-0.4, -0.2) is 17.0 Å². The van der Waals surface area contributed by atoms with Crippen molar-refractivity contribution in [1.29, 1.82) is 0 Å². The fraction of sp³-hybridized carbons (Fsp3) is 0.333. The Bertz CT molecular complexity index is 565. The van der Waals surface area contributed by atoms with Gasteiger partial charge in [0.1, 0.15) is 5.82 Å². The van der Waals surface area contributed by atoms with E-state index in [-0.39, 0.29) is 0 Å². The molecule has 0 fully saturated rings. The van der Waals surface area contributed by atoms with Crippen molar-refractivity contribution in [3.63, 3.8) is 0 Å². The van der Waals surface area contributed by atoms with Gasteiger partial charge < -0.3 is 5.32 Å². The largest absolute Gasteiger partial charge is 0.373 e. The number of anilines is 1. The van der Waals surface area contributed by atoms with E-state index in [1.54, 1.807) is 11.3 Å². The van der Waals surface area contributed by atoms with Crippen LogP contribution in [0, 0.1) is 0 Å². The SMILES string of the molecule is CNc1nc(-c2sccc2Br)nc2c1CCC2. The number of aromatic nitrogens is 2. The molecule has 0 amide bonds. The number of nitrogens with one attached hydrogen (secondary N) is 1. The first-order chi connectivity index (χ1) is 8.29. The van der Waals surface area contributed by atoms with Crippen molar-refractivity contribution in [2.45, 2.75) is 19.3 Å². The number of fused-ring (bicyclic) bond motifs is 1. The van der Waals surface area contributed by atoms with Crippen molar-refractivity contribution >= 4 is 33.1 Å². The molecular formula is C12H12BrN3S. The first-order valence-electron chi connectivity index (χ1n) is 5.60. The summed E-state index contributed by atoms with van der Waals surface area (Å²) < 4.78 is 1.07. The van der Waals surface area contributed by atoms with Crippen molar-refractivity contribution in [2.24, 2.45) is 0 Å². The molecule has 1 N–H and O–H groups in total. The lowest BCUT2D eigenvalue weighted by atomic mass is 10.2. The van der Waals surface area contributed by atoms with Gasteiger partial charge in [0.05, 0.1) is 4.88 Å². The van der Waals surface area contributed by atoms with Crippen LogP contribution in [0.15, 0.2) is 15.9 Å². The van der Waals surface area contributed by atoms with Crippen LogP contribution in [0.2, 0.25) is 0 Å². The molecule has 5 heteroatoms. The van der Waals surface area contributed by atoms with Gasteiger partial charge in [0.15, 0.2) is 5.82 Å². The number of thiophene rings is 1. The predicted octanol–water partition coefficient (Wildman–Crippen LogP) is 3.50. The van der Waals surface area contributed by atoms with Gasteiger partial charge in [-0.2, -0.15) is 0 Å². The molecule has 0 spiro atoms. The van der Waals surface area contributed by atoms with Gasteiger partial charge in [-0.1, -0.05) is 0 Å². The molecule has 0 bridgehead atoms. The number of hydrogen-bond acceptors (Lipinski definition) is 4. The average Bonchev–Trinajstić information content (AvgIpc) is 2.95. The van der Waals surface area contributed by atoms with Gasteiger partial charge in [0.25, 0.3) is 0 Å². The topological polar surface area (TPSA) is 37.8 Å². The van der Waals surface area contributed by atoms with Crippen LogP contribution < -0.4 is 5.32 Å². The zero-order valence-electron chi connectivity index (χ0n) is 9.46. The second kappa shape index (κ2) is 4.38. The van der Waals surface area contributed by atoms with Gasteiger partial charge in [0, 0.05) is 22.8 Å². The van der Waals surface area contributed by atoms with E-state index in [4.69, 9.17) is 4.98 Å². The average molecular weight is 310 g/mol. The summed E-state index contributed by atoms with van der Waals surface area (Å²) in [6.45, 7) is 0. The molecule has 0 saturated heterocycles. The van der Waals surface area contributed by atoms with Crippen molar-refractivity contribution in [3.8, 4) is 10.7 Å². The highest BCUT2D eigenvalue weighted by Gasteiger charge is 2.20. The summed E-state index contributed by atoms with van der Waals surface area (Å²) in [7, 11) is 1.92. The van der Waals surface area contributed by atoms with Crippen LogP contribution in [0.4, 0.5) is 5.82 Å². The smallest absolute Gasteiger partial charge is 0.173 e. The molecule has 0 radical (unpaired) electrons. The van der Waals surface area contributed by atoms with E-state index in [0.29, 0.717) is 0 Å². The Kier molecular flexibility index (Phi) is 2.88. The van der Waals surface area contributed by atoms with Crippen LogP contribution in [-0.2, 0) is 12.8 Å². The highest BCUT2D eigenvalue weighted by atomic mass is 79.9. The van der Waals surface area contributed by atoms with Crippen LogP contribution in [0.1, 0.15) is 17.7 Å². The molecule has 3 rings (SSSR count).